The summed E-state index contributed by atoms with van der Waals surface area (Å²) in [5, 5.41) is 0.692. The van der Waals surface area contributed by atoms with Crippen LogP contribution in [0.1, 0.15) is 56.0 Å². The van der Waals surface area contributed by atoms with Gasteiger partial charge >= 0.3 is 5.97 Å². The lowest BCUT2D eigenvalue weighted by molar-refractivity contribution is -0.147. The first-order valence-electron chi connectivity index (χ1n) is 10.4. The summed E-state index contributed by atoms with van der Waals surface area (Å²) in [6.45, 7) is 4.15. The second-order valence-corrected chi connectivity index (χ2v) is 8.65. The molecule has 0 fully saturated rings. The summed E-state index contributed by atoms with van der Waals surface area (Å²) in [6.07, 6.45) is 5.92. The van der Waals surface area contributed by atoms with Crippen molar-refractivity contribution >= 4 is 27.5 Å². The van der Waals surface area contributed by atoms with Crippen LogP contribution >= 0.6 is 11.3 Å². The topological polar surface area (TPSA) is 61.2 Å². The lowest BCUT2D eigenvalue weighted by atomic mass is 9.97. The molecule has 0 saturated carbocycles. The molecule has 1 aliphatic carbocycles. The van der Waals surface area contributed by atoms with Gasteiger partial charge < -0.3 is 4.74 Å². The highest BCUT2D eigenvalue weighted by molar-refractivity contribution is 7.18. The molecule has 1 unspecified atom stereocenters. The Kier molecular flexibility index (Phi) is 5.81. The smallest absolute Gasteiger partial charge is 0.329 e. The number of carbonyl (C=O) groups excluding carboxylic acids is 1. The minimum absolute atomic E-state index is 0.131. The highest BCUT2D eigenvalue weighted by Crippen LogP contribution is 2.35. The second kappa shape index (κ2) is 8.49. The van der Waals surface area contributed by atoms with E-state index in [0.29, 0.717) is 17.8 Å². The number of thiophene rings is 1. The van der Waals surface area contributed by atoms with Crippen molar-refractivity contribution in [3.05, 3.63) is 51.1 Å². The van der Waals surface area contributed by atoms with Crippen LogP contribution in [0.5, 0.6) is 0 Å². The highest BCUT2D eigenvalue weighted by Gasteiger charge is 2.27. The van der Waals surface area contributed by atoms with Gasteiger partial charge in [0.25, 0.3) is 5.56 Å². The van der Waals surface area contributed by atoms with E-state index >= 15 is 0 Å². The van der Waals surface area contributed by atoms with E-state index in [1.807, 2.05) is 37.3 Å². The van der Waals surface area contributed by atoms with Gasteiger partial charge in [-0.05, 0) is 44.6 Å². The van der Waals surface area contributed by atoms with E-state index in [1.165, 1.54) is 9.44 Å². The number of aryl methyl sites for hydroxylation is 2. The molecule has 1 atom stereocenters. The summed E-state index contributed by atoms with van der Waals surface area (Å²) in [7, 11) is 0. The maximum absolute atomic E-state index is 13.7. The van der Waals surface area contributed by atoms with E-state index in [0.717, 1.165) is 54.5 Å². The summed E-state index contributed by atoms with van der Waals surface area (Å²) < 4.78 is 6.96. The summed E-state index contributed by atoms with van der Waals surface area (Å²) in [4.78, 5) is 33.3. The largest absolute Gasteiger partial charge is 0.464 e. The van der Waals surface area contributed by atoms with Gasteiger partial charge in [-0.1, -0.05) is 43.7 Å². The number of carbonyl (C=O) groups is 1. The molecule has 1 aliphatic rings. The molecule has 0 spiro atoms. The van der Waals surface area contributed by atoms with Crippen LogP contribution in [0, 0.1) is 0 Å². The van der Waals surface area contributed by atoms with Gasteiger partial charge in [0.05, 0.1) is 12.0 Å². The number of fused-ring (bicyclic) bond motifs is 3. The molecule has 0 radical (unpaired) electrons. The lowest BCUT2D eigenvalue weighted by Gasteiger charge is -2.19. The van der Waals surface area contributed by atoms with Crippen LogP contribution in [-0.4, -0.2) is 22.1 Å². The summed E-state index contributed by atoms with van der Waals surface area (Å²) in [5.41, 5.74) is 1.83. The first-order chi connectivity index (χ1) is 14.1. The van der Waals surface area contributed by atoms with Gasteiger partial charge in [0.1, 0.15) is 16.7 Å². The number of hydrogen-bond acceptors (Lipinski definition) is 5. The normalized spacial score (nSPS) is 14.6. The first-order valence-corrected chi connectivity index (χ1v) is 11.2. The van der Waals surface area contributed by atoms with Gasteiger partial charge in [-0.3, -0.25) is 9.36 Å². The van der Waals surface area contributed by atoms with E-state index in [9.17, 15) is 9.59 Å². The SMILES string of the molecule is CCCCOC(=O)C(C)n1c(-c2ccccc2)nc2sc3c(c2c1=O)CCCC3. The predicted octanol–water partition coefficient (Wildman–Crippen LogP) is 4.91. The van der Waals surface area contributed by atoms with Crippen LogP contribution in [-0.2, 0) is 22.4 Å². The van der Waals surface area contributed by atoms with Crippen LogP contribution in [0.15, 0.2) is 35.1 Å². The molecule has 0 bridgehead atoms. The number of benzene rings is 1. The Morgan fingerprint density at radius 3 is 2.76 bits per heavy atom. The van der Waals surface area contributed by atoms with Gasteiger partial charge in [-0.15, -0.1) is 11.3 Å². The fourth-order valence-electron chi connectivity index (χ4n) is 3.91. The number of esters is 1. The summed E-state index contributed by atoms with van der Waals surface area (Å²) in [5.74, 6) is 0.143. The Morgan fingerprint density at radius 2 is 2.00 bits per heavy atom. The fourth-order valence-corrected chi connectivity index (χ4v) is 5.16. The molecule has 4 rings (SSSR count). The van der Waals surface area contributed by atoms with Crippen molar-refractivity contribution in [2.24, 2.45) is 0 Å². The number of aromatic nitrogens is 2. The van der Waals surface area contributed by atoms with E-state index in [1.54, 1.807) is 18.3 Å². The summed E-state index contributed by atoms with van der Waals surface area (Å²) >= 11 is 1.63. The molecule has 0 amide bonds. The maximum atomic E-state index is 13.7. The van der Waals surface area contributed by atoms with E-state index in [-0.39, 0.29) is 11.5 Å². The predicted molar refractivity (Wildman–Crippen MR) is 117 cm³/mol. The van der Waals surface area contributed by atoms with Crippen LogP contribution in [0.4, 0.5) is 0 Å². The number of rotatable bonds is 6. The Morgan fingerprint density at radius 1 is 1.24 bits per heavy atom. The molecule has 0 saturated heterocycles. The van der Waals surface area contributed by atoms with Crippen LogP contribution in [0.3, 0.4) is 0 Å². The van der Waals surface area contributed by atoms with Crippen molar-refractivity contribution in [2.75, 3.05) is 6.61 Å². The maximum Gasteiger partial charge on any atom is 0.329 e. The molecule has 0 N–H and O–H groups in total. The second-order valence-electron chi connectivity index (χ2n) is 7.56. The number of nitrogens with zero attached hydrogens (tertiary/aromatic N) is 2. The van der Waals surface area contributed by atoms with Crippen molar-refractivity contribution in [1.82, 2.24) is 9.55 Å². The zero-order chi connectivity index (χ0) is 20.4. The summed E-state index contributed by atoms with van der Waals surface area (Å²) in [6, 6.07) is 8.88. The Bertz CT molecular complexity index is 1080. The van der Waals surface area contributed by atoms with Crippen molar-refractivity contribution in [1.29, 1.82) is 0 Å². The van der Waals surface area contributed by atoms with Crippen LogP contribution in [0.2, 0.25) is 0 Å². The standard InChI is InChI=1S/C23H26N2O3S/c1-3-4-14-28-23(27)15(2)25-20(16-10-6-5-7-11-16)24-21-19(22(25)26)17-12-8-9-13-18(17)29-21/h5-7,10-11,15H,3-4,8-9,12-14H2,1-2H3. The van der Waals surface area contributed by atoms with Gasteiger partial charge in [-0.25, -0.2) is 9.78 Å². The Hall–Kier alpha value is -2.47. The number of unbranched alkanes of at least 4 members (excludes halogenated alkanes) is 1. The van der Waals surface area contributed by atoms with Crippen LogP contribution in [0.25, 0.3) is 21.6 Å². The van der Waals surface area contributed by atoms with Gasteiger partial charge in [0.15, 0.2) is 0 Å². The van der Waals surface area contributed by atoms with Crippen LogP contribution < -0.4 is 5.56 Å². The third-order valence-electron chi connectivity index (χ3n) is 5.52. The molecular formula is C23H26N2O3S. The molecule has 2 heterocycles. The molecule has 5 nitrogen and oxygen atoms in total. The lowest BCUT2D eigenvalue weighted by Crippen LogP contribution is -2.32. The minimum atomic E-state index is -0.731. The molecule has 2 aromatic heterocycles. The van der Waals surface area contributed by atoms with E-state index in [4.69, 9.17) is 9.72 Å². The van der Waals surface area contributed by atoms with Crippen molar-refractivity contribution < 1.29 is 9.53 Å². The van der Waals surface area contributed by atoms with Crippen molar-refractivity contribution in [3.8, 4) is 11.4 Å². The van der Waals surface area contributed by atoms with Crippen molar-refractivity contribution in [3.63, 3.8) is 0 Å². The van der Waals surface area contributed by atoms with Gasteiger partial charge in [-0.2, -0.15) is 0 Å². The van der Waals surface area contributed by atoms with Crippen molar-refractivity contribution in [2.45, 2.75) is 58.4 Å². The Balaban J connectivity index is 1.89. The monoisotopic (exact) mass is 410 g/mol. The van der Waals surface area contributed by atoms with E-state index < -0.39 is 6.04 Å². The highest BCUT2D eigenvalue weighted by atomic mass is 32.1. The fraction of sp³-hybridized carbons (Fsp3) is 0.435. The average Bonchev–Trinajstić information content (AvgIpc) is 3.12. The number of hydrogen-bond donors (Lipinski definition) is 0. The third kappa shape index (κ3) is 3.73. The Labute approximate surface area is 174 Å². The zero-order valence-corrected chi connectivity index (χ0v) is 17.8. The first kappa shape index (κ1) is 19.8. The zero-order valence-electron chi connectivity index (χ0n) is 16.9. The molecule has 152 valence electrons. The molecular weight excluding hydrogens is 384 g/mol. The molecule has 3 aromatic rings. The van der Waals surface area contributed by atoms with Gasteiger partial charge in [0, 0.05) is 10.4 Å². The quantitative estimate of drug-likeness (QED) is 0.428. The third-order valence-corrected chi connectivity index (χ3v) is 6.71. The molecule has 1 aromatic carbocycles. The molecule has 0 aliphatic heterocycles. The van der Waals surface area contributed by atoms with E-state index in [2.05, 4.69) is 0 Å². The minimum Gasteiger partial charge on any atom is -0.464 e. The average molecular weight is 411 g/mol. The molecule has 6 heteroatoms. The molecule has 29 heavy (non-hydrogen) atoms. The number of ether oxygens (including phenoxy) is 1. The van der Waals surface area contributed by atoms with Gasteiger partial charge in [0.2, 0.25) is 0 Å².